The van der Waals surface area contributed by atoms with Gasteiger partial charge in [0.15, 0.2) is 6.10 Å². The molecule has 0 aliphatic heterocycles. The SMILES string of the molecule is Cc1ccc(OC(C)C(=O)N(C)C)c(CC(C)N)c1. The van der Waals surface area contributed by atoms with Gasteiger partial charge in [-0.2, -0.15) is 0 Å². The van der Waals surface area contributed by atoms with Crippen molar-refractivity contribution in [1.29, 1.82) is 0 Å². The summed E-state index contributed by atoms with van der Waals surface area (Å²) in [5, 5.41) is 0. The zero-order chi connectivity index (χ0) is 14.6. The number of hydrogen-bond donors (Lipinski definition) is 1. The molecule has 0 saturated carbocycles. The third-order valence-electron chi connectivity index (χ3n) is 2.85. The Morgan fingerprint density at radius 2 is 2.00 bits per heavy atom. The number of carbonyl (C=O) groups excluding carboxylic acids is 1. The molecule has 0 aliphatic rings. The van der Waals surface area contributed by atoms with Crippen molar-refractivity contribution in [2.45, 2.75) is 39.3 Å². The van der Waals surface area contributed by atoms with Crippen molar-refractivity contribution in [2.75, 3.05) is 14.1 Å². The number of nitrogens with two attached hydrogens (primary N) is 1. The number of aryl methyl sites for hydroxylation is 1. The summed E-state index contributed by atoms with van der Waals surface area (Å²) in [6, 6.07) is 6.01. The summed E-state index contributed by atoms with van der Waals surface area (Å²) in [5.74, 6) is 0.693. The molecular formula is C15H24N2O2. The smallest absolute Gasteiger partial charge is 0.262 e. The summed E-state index contributed by atoms with van der Waals surface area (Å²) in [7, 11) is 3.44. The highest BCUT2D eigenvalue weighted by molar-refractivity contribution is 5.80. The highest BCUT2D eigenvalue weighted by atomic mass is 16.5. The van der Waals surface area contributed by atoms with E-state index in [1.807, 2.05) is 26.0 Å². The second kappa shape index (κ2) is 6.57. The van der Waals surface area contributed by atoms with E-state index >= 15 is 0 Å². The Bertz CT molecular complexity index is 442. The van der Waals surface area contributed by atoms with Crippen molar-refractivity contribution in [1.82, 2.24) is 4.90 Å². The molecule has 1 amide bonds. The number of hydrogen-bond acceptors (Lipinski definition) is 3. The molecule has 0 heterocycles. The summed E-state index contributed by atoms with van der Waals surface area (Å²) in [6.45, 7) is 5.75. The predicted molar refractivity (Wildman–Crippen MR) is 77.3 cm³/mol. The number of amides is 1. The maximum absolute atomic E-state index is 11.8. The molecule has 106 valence electrons. The van der Waals surface area contributed by atoms with Gasteiger partial charge in [-0.1, -0.05) is 17.7 Å². The second-order valence-electron chi connectivity index (χ2n) is 5.29. The van der Waals surface area contributed by atoms with Crippen molar-refractivity contribution in [3.63, 3.8) is 0 Å². The first-order valence-electron chi connectivity index (χ1n) is 6.54. The quantitative estimate of drug-likeness (QED) is 0.881. The van der Waals surface area contributed by atoms with Crippen LogP contribution in [0, 0.1) is 6.92 Å². The molecule has 0 saturated heterocycles. The molecule has 1 aromatic rings. The summed E-state index contributed by atoms with van der Waals surface area (Å²) >= 11 is 0. The van der Waals surface area contributed by atoms with Crippen LogP contribution in [0.1, 0.15) is 25.0 Å². The average molecular weight is 264 g/mol. The average Bonchev–Trinajstić information content (AvgIpc) is 2.30. The normalized spacial score (nSPS) is 13.8. The first-order chi connectivity index (χ1) is 8.81. The van der Waals surface area contributed by atoms with E-state index in [-0.39, 0.29) is 11.9 Å². The van der Waals surface area contributed by atoms with E-state index in [2.05, 4.69) is 6.07 Å². The minimum absolute atomic E-state index is 0.0488. The Labute approximate surface area is 115 Å². The van der Waals surface area contributed by atoms with Crippen LogP contribution in [-0.4, -0.2) is 37.0 Å². The third kappa shape index (κ3) is 4.56. The molecule has 0 aromatic heterocycles. The van der Waals surface area contributed by atoms with Crippen molar-refractivity contribution in [2.24, 2.45) is 5.73 Å². The van der Waals surface area contributed by atoms with Crippen molar-refractivity contribution >= 4 is 5.91 Å². The number of nitrogens with zero attached hydrogens (tertiary/aromatic N) is 1. The molecule has 2 atom stereocenters. The number of rotatable bonds is 5. The van der Waals surface area contributed by atoms with Gasteiger partial charge in [-0.25, -0.2) is 0 Å². The lowest BCUT2D eigenvalue weighted by Gasteiger charge is -2.20. The molecule has 0 bridgehead atoms. The van der Waals surface area contributed by atoms with Crippen LogP contribution in [-0.2, 0) is 11.2 Å². The van der Waals surface area contributed by atoms with Crippen LogP contribution in [0.4, 0.5) is 0 Å². The van der Waals surface area contributed by atoms with Gasteiger partial charge in [-0.3, -0.25) is 4.79 Å². The van der Waals surface area contributed by atoms with Gasteiger partial charge in [-0.15, -0.1) is 0 Å². The molecule has 2 unspecified atom stereocenters. The Morgan fingerprint density at radius 3 is 2.53 bits per heavy atom. The summed E-state index contributed by atoms with van der Waals surface area (Å²) in [6.07, 6.45) is 0.240. The summed E-state index contributed by atoms with van der Waals surface area (Å²) in [5.41, 5.74) is 8.06. The Balaban J connectivity index is 2.91. The largest absolute Gasteiger partial charge is 0.481 e. The molecule has 1 rings (SSSR count). The Morgan fingerprint density at radius 1 is 1.37 bits per heavy atom. The fraction of sp³-hybridized carbons (Fsp3) is 0.533. The van der Waals surface area contributed by atoms with Gasteiger partial charge >= 0.3 is 0 Å². The first kappa shape index (κ1) is 15.5. The molecule has 0 aliphatic carbocycles. The maximum atomic E-state index is 11.8. The van der Waals surface area contributed by atoms with Gasteiger partial charge in [0.1, 0.15) is 5.75 Å². The lowest BCUT2D eigenvalue weighted by Crippen LogP contribution is -2.35. The van der Waals surface area contributed by atoms with Crippen molar-refractivity contribution in [3.8, 4) is 5.75 Å². The maximum Gasteiger partial charge on any atom is 0.262 e. The second-order valence-corrected chi connectivity index (χ2v) is 5.29. The van der Waals surface area contributed by atoms with E-state index in [1.165, 1.54) is 4.90 Å². The van der Waals surface area contributed by atoms with Gasteiger partial charge in [0.25, 0.3) is 5.91 Å². The zero-order valence-electron chi connectivity index (χ0n) is 12.4. The molecule has 19 heavy (non-hydrogen) atoms. The molecular weight excluding hydrogens is 240 g/mol. The molecule has 0 fully saturated rings. The molecule has 0 spiro atoms. The number of benzene rings is 1. The highest BCUT2D eigenvalue weighted by Gasteiger charge is 2.18. The topological polar surface area (TPSA) is 55.6 Å². The van der Waals surface area contributed by atoms with E-state index in [4.69, 9.17) is 10.5 Å². The number of carbonyl (C=O) groups is 1. The minimum atomic E-state index is -0.496. The van der Waals surface area contributed by atoms with Crippen LogP contribution in [0.5, 0.6) is 5.75 Å². The molecule has 1 aromatic carbocycles. The lowest BCUT2D eigenvalue weighted by atomic mass is 10.0. The van der Waals surface area contributed by atoms with E-state index in [1.54, 1.807) is 21.0 Å². The van der Waals surface area contributed by atoms with E-state index in [9.17, 15) is 4.79 Å². The fourth-order valence-electron chi connectivity index (χ4n) is 1.93. The van der Waals surface area contributed by atoms with E-state index in [0.29, 0.717) is 0 Å². The monoisotopic (exact) mass is 264 g/mol. The predicted octanol–water partition coefficient (Wildman–Crippen LogP) is 1.74. The molecule has 2 N–H and O–H groups in total. The number of likely N-dealkylation sites (N-methyl/N-ethyl adjacent to an activating group) is 1. The first-order valence-corrected chi connectivity index (χ1v) is 6.54. The number of ether oxygens (including phenoxy) is 1. The zero-order valence-corrected chi connectivity index (χ0v) is 12.4. The summed E-state index contributed by atoms with van der Waals surface area (Å²) in [4.78, 5) is 13.4. The lowest BCUT2D eigenvalue weighted by molar-refractivity contribution is -0.135. The standard InChI is InChI=1S/C15H24N2O2/c1-10-6-7-14(13(8-10)9-11(2)16)19-12(3)15(18)17(4)5/h6-8,11-12H,9,16H2,1-5H3. The highest BCUT2D eigenvalue weighted by Crippen LogP contribution is 2.22. The molecule has 4 heteroatoms. The van der Waals surface area contributed by atoms with Crippen LogP contribution < -0.4 is 10.5 Å². The van der Waals surface area contributed by atoms with Crippen LogP contribution in [0.3, 0.4) is 0 Å². The van der Waals surface area contributed by atoms with Gasteiger partial charge in [0, 0.05) is 20.1 Å². The van der Waals surface area contributed by atoms with Crippen LogP contribution in [0.25, 0.3) is 0 Å². The van der Waals surface area contributed by atoms with Crippen LogP contribution in [0.15, 0.2) is 18.2 Å². The van der Waals surface area contributed by atoms with Crippen molar-refractivity contribution in [3.05, 3.63) is 29.3 Å². The van der Waals surface area contributed by atoms with Gasteiger partial charge in [0.05, 0.1) is 0 Å². The van der Waals surface area contributed by atoms with Gasteiger partial charge in [-0.05, 0) is 38.8 Å². The van der Waals surface area contributed by atoms with Gasteiger partial charge in [0.2, 0.25) is 0 Å². The minimum Gasteiger partial charge on any atom is -0.481 e. The van der Waals surface area contributed by atoms with Crippen molar-refractivity contribution < 1.29 is 9.53 Å². The molecule has 0 radical (unpaired) electrons. The fourth-order valence-corrected chi connectivity index (χ4v) is 1.93. The Kier molecular flexibility index (Phi) is 5.36. The van der Waals surface area contributed by atoms with Crippen LogP contribution >= 0.6 is 0 Å². The van der Waals surface area contributed by atoms with E-state index in [0.717, 1.165) is 23.3 Å². The third-order valence-corrected chi connectivity index (χ3v) is 2.85. The summed E-state index contributed by atoms with van der Waals surface area (Å²) < 4.78 is 5.78. The van der Waals surface area contributed by atoms with E-state index < -0.39 is 6.10 Å². The Hall–Kier alpha value is -1.55. The van der Waals surface area contributed by atoms with Gasteiger partial charge < -0.3 is 15.4 Å². The molecule has 4 nitrogen and oxygen atoms in total. The van der Waals surface area contributed by atoms with Crippen LogP contribution in [0.2, 0.25) is 0 Å².